The van der Waals surface area contributed by atoms with E-state index in [9.17, 15) is 9.59 Å². The maximum absolute atomic E-state index is 12.5. The van der Waals surface area contributed by atoms with Crippen LogP contribution in [-0.4, -0.2) is 12.6 Å². The van der Waals surface area contributed by atoms with Crippen molar-refractivity contribution in [2.24, 2.45) is 0 Å². The normalized spacial score (nSPS) is 11.0. The largest absolute Gasteiger partial charge is 0.462 e. The highest BCUT2D eigenvalue weighted by Gasteiger charge is 2.12. The second-order valence-corrected chi connectivity index (χ2v) is 4.86. The molecule has 0 spiro atoms. The molecule has 1 aromatic heterocycles. The van der Waals surface area contributed by atoms with Crippen LogP contribution in [0, 0.1) is 6.92 Å². The Bertz CT molecular complexity index is 906. The van der Waals surface area contributed by atoms with Crippen LogP contribution in [0.2, 0.25) is 0 Å². The Morgan fingerprint density at radius 1 is 1.10 bits per heavy atom. The van der Waals surface area contributed by atoms with Gasteiger partial charge in [0.15, 0.2) is 0 Å². The summed E-state index contributed by atoms with van der Waals surface area (Å²) in [6, 6.07) is 10.2. The van der Waals surface area contributed by atoms with Crippen LogP contribution in [0.5, 0.6) is 0 Å². The highest BCUT2D eigenvalue weighted by atomic mass is 16.5. The Morgan fingerprint density at radius 2 is 1.90 bits per heavy atom. The third kappa shape index (κ3) is 2.29. The van der Waals surface area contributed by atoms with Crippen molar-refractivity contribution in [2.75, 3.05) is 6.61 Å². The van der Waals surface area contributed by atoms with Crippen LogP contribution in [-0.2, 0) is 4.74 Å². The molecule has 3 aromatic rings. The van der Waals surface area contributed by atoms with Crippen molar-refractivity contribution in [3.05, 3.63) is 57.7 Å². The van der Waals surface area contributed by atoms with Gasteiger partial charge in [-0.05, 0) is 44.2 Å². The van der Waals surface area contributed by atoms with Crippen molar-refractivity contribution < 1.29 is 13.9 Å². The van der Waals surface area contributed by atoms with Gasteiger partial charge in [-0.3, -0.25) is 4.79 Å². The molecule has 0 fully saturated rings. The molecule has 21 heavy (non-hydrogen) atoms. The number of rotatable bonds is 2. The van der Waals surface area contributed by atoms with E-state index in [0.29, 0.717) is 34.1 Å². The van der Waals surface area contributed by atoms with Crippen LogP contribution in [0.1, 0.15) is 22.8 Å². The molecule has 4 heteroatoms. The van der Waals surface area contributed by atoms with Gasteiger partial charge in [-0.25, -0.2) is 4.79 Å². The second kappa shape index (κ2) is 5.05. The van der Waals surface area contributed by atoms with E-state index in [1.807, 2.05) is 13.0 Å². The molecule has 106 valence electrons. The highest BCUT2D eigenvalue weighted by Crippen LogP contribution is 2.21. The molecule has 0 saturated heterocycles. The Labute approximate surface area is 120 Å². The topological polar surface area (TPSA) is 56.5 Å². The zero-order chi connectivity index (χ0) is 15.0. The zero-order valence-electron chi connectivity index (χ0n) is 11.8. The van der Waals surface area contributed by atoms with Gasteiger partial charge in [0.1, 0.15) is 11.2 Å². The molecule has 0 aliphatic rings. The lowest BCUT2D eigenvalue weighted by atomic mass is 10.1. The monoisotopic (exact) mass is 282 g/mol. The quantitative estimate of drug-likeness (QED) is 0.533. The number of esters is 1. The van der Waals surface area contributed by atoms with Gasteiger partial charge in [-0.15, -0.1) is 0 Å². The van der Waals surface area contributed by atoms with Crippen LogP contribution in [0.15, 0.2) is 45.6 Å². The number of hydrogen-bond donors (Lipinski definition) is 0. The summed E-state index contributed by atoms with van der Waals surface area (Å²) in [4.78, 5) is 24.2. The van der Waals surface area contributed by atoms with Gasteiger partial charge in [0, 0.05) is 0 Å². The summed E-state index contributed by atoms with van der Waals surface area (Å²) in [6.45, 7) is 3.97. The molecule has 3 rings (SSSR count). The van der Waals surface area contributed by atoms with Crippen molar-refractivity contribution in [1.82, 2.24) is 0 Å². The highest BCUT2D eigenvalue weighted by molar-refractivity contribution is 5.96. The number of fused-ring (bicyclic) bond motifs is 2. The average molecular weight is 282 g/mol. The third-order valence-corrected chi connectivity index (χ3v) is 3.34. The summed E-state index contributed by atoms with van der Waals surface area (Å²) in [7, 11) is 0. The first-order chi connectivity index (χ1) is 10.1. The number of hydrogen-bond acceptors (Lipinski definition) is 4. The fourth-order valence-electron chi connectivity index (χ4n) is 2.31. The molecule has 0 atom stereocenters. The number of carbonyl (C=O) groups excluding carboxylic acids is 1. The van der Waals surface area contributed by atoms with Crippen molar-refractivity contribution in [3.8, 4) is 0 Å². The molecule has 0 aliphatic heterocycles. The van der Waals surface area contributed by atoms with Crippen LogP contribution in [0.3, 0.4) is 0 Å². The molecule has 0 amide bonds. The van der Waals surface area contributed by atoms with E-state index < -0.39 is 5.97 Å². The first-order valence-corrected chi connectivity index (χ1v) is 6.74. The van der Waals surface area contributed by atoms with Crippen molar-refractivity contribution in [2.45, 2.75) is 13.8 Å². The molecule has 0 saturated carbocycles. The van der Waals surface area contributed by atoms with Gasteiger partial charge < -0.3 is 9.15 Å². The predicted molar refractivity (Wildman–Crippen MR) is 80.7 cm³/mol. The minimum absolute atomic E-state index is 0.0923. The van der Waals surface area contributed by atoms with E-state index in [1.54, 1.807) is 37.3 Å². The number of carbonyl (C=O) groups is 1. The smallest absolute Gasteiger partial charge is 0.338 e. The summed E-state index contributed by atoms with van der Waals surface area (Å²) in [5.74, 6) is -0.425. The van der Waals surface area contributed by atoms with Gasteiger partial charge in [0.05, 0.1) is 22.9 Å². The lowest BCUT2D eigenvalue weighted by Crippen LogP contribution is -2.06. The van der Waals surface area contributed by atoms with Crippen LogP contribution in [0.4, 0.5) is 0 Å². The van der Waals surface area contributed by atoms with Gasteiger partial charge in [0.25, 0.3) is 0 Å². The van der Waals surface area contributed by atoms with Gasteiger partial charge >= 0.3 is 5.97 Å². The summed E-state index contributed by atoms with van der Waals surface area (Å²) >= 11 is 0. The van der Waals surface area contributed by atoms with Crippen LogP contribution >= 0.6 is 0 Å². The summed E-state index contributed by atoms with van der Waals surface area (Å²) in [6.07, 6.45) is 0. The molecule has 0 bridgehead atoms. The molecule has 4 nitrogen and oxygen atoms in total. The van der Waals surface area contributed by atoms with E-state index in [0.717, 1.165) is 5.56 Å². The first-order valence-electron chi connectivity index (χ1n) is 6.74. The van der Waals surface area contributed by atoms with E-state index >= 15 is 0 Å². The number of benzene rings is 2. The third-order valence-electron chi connectivity index (χ3n) is 3.34. The predicted octanol–water partition coefficient (Wildman–Crippen LogP) is 3.43. The van der Waals surface area contributed by atoms with Crippen LogP contribution in [0.25, 0.3) is 21.9 Å². The molecule has 2 aromatic carbocycles. The lowest BCUT2D eigenvalue weighted by Gasteiger charge is -2.05. The number of ether oxygens (including phenoxy) is 1. The maximum Gasteiger partial charge on any atom is 0.338 e. The maximum atomic E-state index is 12.5. The Balaban J connectivity index is 2.27. The minimum atomic E-state index is -0.425. The summed E-state index contributed by atoms with van der Waals surface area (Å²) in [5.41, 5.74) is 2.18. The average Bonchev–Trinajstić information content (AvgIpc) is 2.48. The van der Waals surface area contributed by atoms with Crippen LogP contribution < -0.4 is 5.43 Å². The molecule has 0 N–H and O–H groups in total. The molecular formula is C17H14O4. The van der Waals surface area contributed by atoms with E-state index in [1.165, 1.54) is 0 Å². The summed E-state index contributed by atoms with van der Waals surface area (Å²) in [5, 5.41) is 1.01. The second-order valence-electron chi connectivity index (χ2n) is 4.86. The van der Waals surface area contributed by atoms with E-state index in [-0.39, 0.29) is 5.43 Å². The molecule has 0 unspecified atom stereocenters. The lowest BCUT2D eigenvalue weighted by molar-refractivity contribution is 0.0526. The van der Waals surface area contributed by atoms with E-state index in [4.69, 9.17) is 9.15 Å². The Hall–Kier alpha value is -2.62. The standard InChI is InChI=1S/C17H14O4/c1-3-20-17(19)11-5-6-12-15(9-11)21-14-7-4-10(2)8-13(14)16(12)18/h4-9H,3H2,1-2H3. The fraction of sp³-hybridized carbons (Fsp3) is 0.176. The van der Waals surface area contributed by atoms with Crippen molar-refractivity contribution in [3.63, 3.8) is 0 Å². The Kier molecular flexibility index (Phi) is 3.22. The van der Waals surface area contributed by atoms with Gasteiger partial charge in [0.2, 0.25) is 5.43 Å². The van der Waals surface area contributed by atoms with Gasteiger partial charge in [-0.1, -0.05) is 11.6 Å². The zero-order valence-corrected chi connectivity index (χ0v) is 11.8. The number of aryl methyl sites for hydroxylation is 1. The van der Waals surface area contributed by atoms with Crippen molar-refractivity contribution in [1.29, 1.82) is 0 Å². The molecule has 1 heterocycles. The molecule has 0 aliphatic carbocycles. The first kappa shape index (κ1) is 13.4. The molecular weight excluding hydrogens is 268 g/mol. The Morgan fingerprint density at radius 3 is 2.67 bits per heavy atom. The summed E-state index contributed by atoms with van der Waals surface area (Å²) < 4.78 is 10.7. The van der Waals surface area contributed by atoms with E-state index in [2.05, 4.69) is 0 Å². The SMILES string of the molecule is CCOC(=O)c1ccc2c(=O)c3cc(C)ccc3oc2c1. The van der Waals surface area contributed by atoms with Gasteiger partial charge in [-0.2, -0.15) is 0 Å². The minimum Gasteiger partial charge on any atom is -0.462 e. The van der Waals surface area contributed by atoms with Crippen molar-refractivity contribution >= 4 is 27.9 Å². The molecule has 0 radical (unpaired) electrons. The fourth-order valence-corrected chi connectivity index (χ4v) is 2.31.